The maximum atomic E-state index is 13.0. The highest BCUT2D eigenvalue weighted by Gasteiger charge is 2.25. The number of rotatable bonds is 12. The summed E-state index contributed by atoms with van der Waals surface area (Å²) in [5.41, 5.74) is 1.22. The summed E-state index contributed by atoms with van der Waals surface area (Å²) in [6, 6.07) is 8.87. The van der Waals surface area contributed by atoms with E-state index >= 15 is 0 Å². The Morgan fingerprint density at radius 1 is 1.17 bits per heavy atom. The van der Waals surface area contributed by atoms with E-state index in [1.807, 2.05) is 0 Å². The van der Waals surface area contributed by atoms with Crippen LogP contribution in [0.25, 0.3) is 0 Å². The van der Waals surface area contributed by atoms with E-state index < -0.39 is 26.5 Å². The van der Waals surface area contributed by atoms with Gasteiger partial charge < -0.3 is 19.7 Å². The lowest BCUT2D eigenvalue weighted by Gasteiger charge is -2.14. The Hall–Kier alpha value is -1.80. The van der Waals surface area contributed by atoms with Gasteiger partial charge >= 0.3 is 14.0 Å². The molecule has 0 aromatic heterocycles. The molecule has 0 aliphatic rings. The predicted molar refractivity (Wildman–Crippen MR) is 109 cm³/mol. The standard InChI is InChI=1S/C19H18Cl2FO7P/c20-13-5-17(21)16(9-27-11-29-30(26)10-15(23)7-19(24)25)18(6-13)28-8-12-1-3-14(22)4-2-12/h1-6,15,23H,7-11H2/p+1/t15-/m0/s1. The van der Waals surface area contributed by atoms with Crippen molar-refractivity contribution in [2.45, 2.75) is 25.7 Å². The molecule has 0 bridgehead atoms. The van der Waals surface area contributed by atoms with Crippen LogP contribution in [-0.2, 0) is 31.8 Å². The molecule has 2 atom stereocenters. The zero-order valence-electron chi connectivity index (χ0n) is 15.6. The van der Waals surface area contributed by atoms with Crippen molar-refractivity contribution in [1.82, 2.24) is 0 Å². The van der Waals surface area contributed by atoms with Crippen molar-refractivity contribution in [3.63, 3.8) is 0 Å². The van der Waals surface area contributed by atoms with Gasteiger partial charge in [0.1, 0.15) is 24.3 Å². The third kappa shape index (κ3) is 8.52. The van der Waals surface area contributed by atoms with Crippen molar-refractivity contribution in [2.75, 3.05) is 13.0 Å². The van der Waals surface area contributed by atoms with Crippen LogP contribution in [0.3, 0.4) is 0 Å². The van der Waals surface area contributed by atoms with Gasteiger partial charge in [-0.1, -0.05) is 35.3 Å². The number of carbonyl (C=O) groups is 1. The van der Waals surface area contributed by atoms with Crippen LogP contribution in [0.4, 0.5) is 4.39 Å². The van der Waals surface area contributed by atoms with Gasteiger partial charge in [-0.2, -0.15) is 0 Å². The minimum atomic E-state index is -2.30. The van der Waals surface area contributed by atoms with Gasteiger partial charge in [-0.05, 0) is 34.4 Å². The number of halogens is 3. The lowest BCUT2D eigenvalue weighted by Crippen LogP contribution is -2.15. The molecule has 2 aromatic rings. The second-order valence-corrected chi connectivity index (χ2v) is 8.27. The van der Waals surface area contributed by atoms with E-state index in [0.717, 1.165) is 5.56 Å². The van der Waals surface area contributed by atoms with Gasteiger partial charge in [-0.15, -0.1) is 4.52 Å². The molecule has 0 spiro atoms. The summed E-state index contributed by atoms with van der Waals surface area (Å²) in [6.45, 7) is -0.269. The highest BCUT2D eigenvalue weighted by molar-refractivity contribution is 7.39. The molecule has 0 aliphatic heterocycles. The molecule has 162 valence electrons. The number of aliphatic hydroxyl groups excluding tert-OH is 1. The summed E-state index contributed by atoms with van der Waals surface area (Å²) in [6.07, 6.45) is -2.12. The summed E-state index contributed by atoms with van der Waals surface area (Å²) >= 11 is 12.2. The van der Waals surface area contributed by atoms with Crippen LogP contribution in [0.2, 0.25) is 10.0 Å². The zero-order chi connectivity index (χ0) is 22.1. The number of aliphatic carboxylic acids is 1. The third-order valence-corrected chi connectivity index (χ3v) is 5.39. The summed E-state index contributed by atoms with van der Waals surface area (Å²) in [4.78, 5) is 10.5. The van der Waals surface area contributed by atoms with E-state index in [1.165, 1.54) is 18.2 Å². The van der Waals surface area contributed by atoms with E-state index in [0.29, 0.717) is 16.3 Å². The normalized spacial score (nSPS) is 12.5. The second-order valence-electron chi connectivity index (χ2n) is 6.14. The molecule has 0 fully saturated rings. The molecule has 2 aromatic carbocycles. The number of aliphatic hydroxyl groups is 1. The van der Waals surface area contributed by atoms with Crippen LogP contribution in [0.5, 0.6) is 5.75 Å². The van der Waals surface area contributed by atoms with Crippen molar-refractivity contribution in [1.29, 1.82) is 0 Å². The fourth-order valence-corrected chi connectivity index (χ4v) is 3.62. The first-order valence-electron chi connectivity index (χ1n) is 8.65. The van der Waals surface area contributed by atoms with Crippen LogP contribution in [0.15, 0.2) is 36.4 Å². The number of hydrogen-bond acceptors (Lipinski definition) is 6. The Morgan fingerprint density at radius 3 is 2.53 bits per heavy atom. The molecule has 2 rings (SSSR count). The first-order chi connectivity index (χ1) is 14.2. The molecule has 7 nitrogen and oxygen atoms in total. The van der Waals surface area contributed by atoms with E-state index in [2.05, 4.69) is 0 Å². The molecule has 0 amide bonds. The Morgan fingerprint density at radius 2 is 1.87 bits per heavy atom. The van der Waals surface area contributed by atoms with Gasteiger partial charge in [-0.25, -0.2) is 4.39 Å². The average Bonchev–Trinajstić information content (AvgIpc) is 2.65. The van der Waals surface area contributed by atoms with Crippen molar-refractivity contribution in [3.8, 4) is 5.75 Å². The second kappa shape index (κ2) is 12.2. The molecular weight excluding hydrogens is 461 g/mol. The van der Waals surface area contributed by atoms with E-state index in [4.69, 9.17) is 42.3 Å². The lowest BCUT2D eigenvalue weighted by molar-refractivity contribution is -0.138. The smallest absolute Gasteiger partial charge is 0.488 e. The Labute approximate surface area is 183 Å². The Bertz CT molecular complexity index is 880. The van der Waals surface area contributed by atoms with Crippen LogP contribution in [0, 0.1) is 5.82 Å². The molecule has 0 aliphatic carbocycles. The quantitative estimate of drug-likeness (QED) is 0.256. The molecule has 0 radical (unpaired) electrons. The fourth-order valence-electron chi connectivity index (χ4n) is 2.32. The van der Waals surface area contributed by atoms with E-state index in [9.17, 15) is 18.9 Å². The van der Waals surface area contributed by atoms with Crippen molar-refractivity contribution < 1.29 is 38.0 Å². The Balaban J connectivity index is 1.89. The third-order valence-electron chi connectivity index (χ3n) is 3.72. The van der Waals surface area contributed by atoms with E-state index in [-0.39, 0.29) is 37.0 Å². The highest BCUT2D eigenvalue weighted by atomic mass is 35.5. The van der Waals surface area contributed by atoms with Crippen molar-refractivity contribution in [2.24, 2.45) is 0 Å². The molecule has 0 saturated carbocycles. The monoisotopic (exact) mass is 479 g/mol. The largest absolute Gasteiger partial charge is 0.513 e. The summed E-state index contributed by atoms with van der Waals surface area (Å²) < 4.78 is 40.7. The van der Waals surface area contributed by atoms with Gasteiger partial charge in [0.2, 0.25) is 13.0 Å². The van der Waals surface area contributed by atoms with Crippen LogP contribution >= 0.6 is 31.2 Å². The SMILES string of the molecule is O=C(O)C[C@H](O)C[P+](=O)OCOCc1c(Cl)cc(Cl)cc1OCc1ccc(F)cc1. The predicted octanol–water partition coefficient (Wildman–Crippen LogP) is 4.78. The van der Waals surface area contributed by atoms with Crippen molar-refractivity contribution in [3.05, 3.63) is 63.4 Å². The van der Waals surface area contributed by atoms with Crippen LogP contribution < -0.4 is 4.74 Å². The minimum Gasteiger partial charge on any atom is -0.488 e. The Kier molecular flexibility index (Phi) is 9.91. The number of benzene rings is 2. The number of ether oxygens (including phenoxy) is 2. The van der Waals surface area contributed by atoms with Crippen LogP contribution in [-0.4, -0.2) is 35.2 Å². The molecule has 1 unspecified atom stereocenters. The van der Waals surface area contributed by atoms with Gasteiger partial charge in [0.15, 0.2) is 0 Å². The zero-order valence-corrected chi connectivity index (χ0v) is 18.0. The van der Waals surface area contributed by atoms with Gasteiger partial charge in [0, 0.05) is 10.6 Å². The number of hydrogen-bond donors (Lipinski definition) is 2. The fraction of sp³-hybridized carbons (Fsp3) is 0.316. The van der Waals surface area contributed by atoms with Gasteiger partial charge in [0.25, 0.3) is 0 Å². The van der Waals surface area contributed by atoms with Gasteiger partial charge in [-0.3, -0.25) is 4.79 Å². The topological polar surface area (TPSA) is 102 Å². The van der Waals surface area contributed by atoms with Gasteiger partial charge in [0.05, 0.1) is 18.1 Å². The number of carboxylic acid groups (broad SMARTS) is 1. The molecular formula is C19H19Cl2FO7P+. The van der Waals surface area contributed by atoms with Crippen molar-refractivity contribution >= 4 is 37.2 Å². The average molecular weight is 480 g/mol. The first kappa shape index (κ1) is 24.5. The molecule has 0 heterocycles. The minimum absolute atomic E-state index is 0.0460. The molecule has 30 heavy (non-hydrogen) atoms. The maximum absolute atomic E-state index is 13.0. The maximum Gasteiger partial charge on any atom is 0.513 e. The van der Waals surface area contributed by atoms with E-state index in [1.54, 1.807) is 18.2 Å². The highest BCUT2D eigenvalue weighted by Crippen LogP contribution is 2.32. The summed E-state index contributed by atoms with van der Waals surface area (Å²) in [5, 5.41) is 18.6. The lowest BCUT2D eigenvalue weighted by atomic mass is 10.2. The molecule has 11 heteroatoms. The number of carboxylic acids is 1. The summed E-state index contributed by atoms with van der Waals surface area (Å²) in [5.74, 6) is -1.20. The summed E-state index contributed by atoms with van der Waals surface area (Å²) in [7, 11) is -2.30. The molecule has 0 saturated heterocycles. The first-order valence-corrected chi connectivity index (χ1v) is 10.8. The molecule has 2 N–H and O–H groups in total. The van der Waals surface area contributed by atoms with Crippen LogP contribution in [0.1, 0.15) is 17.5 Å².